The Hall–Kier alpha value is -0.870. The summed E-state index contributed by atoms with van der Waals surface area (Å²) in [5.41, 5.74) is 1.37. The van der Waals surface area contributed by atoms with Crippen LogP contribution in [0.4, 0.5) is 0 Å². The number of nitrogens with zero attached hydrogens (tertiary/aromatic N) is 2. The van der Waals surface area contributed by atoms with Gasteiger partial charge in [0, 0.05) is 19.0 Å². The maximum absolute atomic E-state index is 12.8. The van der Waals surface area contributed by atoms with E-state index in [-0.39, 0.29) is 11.2 Å². The van der Waals surface area contributed by atoms with E-state index in [0.717, 1.165) is 30.9 Å². The van der Waals surface area contributed by atoms with Crippen LogP contribution in [0.15, 0.2) is 0 Å². The number of hydrogen-bond acceptors (Lipinski definition) is 3. The molecule has 106 valence electrons. The van der Waals surface area contributed by atoms with Gasteiger partial charge in [-0.25, -0.2) is 0 Å². The van der Waals surface area contributed by atoms with E-state index in [1.54, 1.807) is 4.68 Å². The molecule has 1 fully saturated rings. The third kappa shape index (κ3) is 2.43. The summed E-state index contributed by atoms with van der Waals surface area (Å²) in [6.07, 6.45) is 1.29. The third-order valence-electron chi connectivity index (χ3n) is 4.44. The molecule has 0 spiro atoms. The Balaban J connectivity index is 2.25. The molecule has 0 amide bonds. The molecule has 4 nitrogen and oxygen atoms in total. The van der Waals surface area contributed by atoms with E-state index < -0.39 is 0 Å². The molecule has 1 unspecified atom stereocenters. The fourth-order valence-corrected chi connectivity index (χ4v) is 3.19. The minimum Gasteiger partial charge on any atom is -0.316 e. The van der Waals surface area contributed by atoms with Gasteiger partial charge in [0.05, 0.1) is 22.8 Å². The first-order chi connectivity index (χ1) is 8.88. The zero-order valence-electron chi connectivity index (χ0n) is 12.1. The van der Waals surface area contributed by atoms with Gasteiger partial charge in [0.2, 0.25) is 0 Å². The molecule has 19 heavy (non-hydrogen) atoms. The lowest BCUT2D eigenvalue weighted by molar-refractivity contribution is -0.129. The van der Waals surface area contributed by atoms with Gasteiger partial charge in [0.15, 0.2) is 0 Å². The monoisotopic (exact) mass is 283 g/mol. The van der Waals surface area contributed by atoms with E-state index in [1.165, 1.54) is 0 Å². The van der Waals surface area contributed by atoms with Gasteiger partial charge in [-0.3, -0.25) is 9.48 Å². The van der Waals surface area contributed by atoms with E-state index in [2.05, 4.69) is 24.3 Å². The largest absolute Gasteiger partial charge is 0.316 e. The predicted molar refractivity (Wildman–Crippen MR) is 76.4 cm³/mol. The first kappa shape index (κ1) is 14.5. The summed E-state index contributed by atoms with van der Waals surface area (Å²) >= 11 is 6.24. The van der Waals surface area contributed by atoms with Crippen molar-refractivity contribution in [1.82, 2.24) is 15.1 Å². The Morgan fingerprint density at radius 3 is 2.68 bits per heavy atom. The highest BCUT2D eigenvalue weighted by Gasteiger charge is 2.43. The van der Waals surface area contributed by atoms with Gasteiger partial charge in [-0.2, -0.15) is 5.10 Å². The average molecular weight is 284 g/mol. The first-order valence-corrected chi connectivity index (χ1v) is 7.18. The lowest BCUT2D eigenvalue weighted by Crippen LogP contribution is -2.39. The second-order valence-electron chi connectivity index (χ2n) is 5.81. The van der Waals surface area contributed by atoms with Gasteiger partial charge in [0.1, 0.15) is 5.78 Å². The fourth-order valence-electron chi connectivity index (χ4n) is 2.96. The van der Waals surface area contributed by atoms with Crippen LogP contribution in [-0.2, 0) is 18.3 Å². The SMILES string of the molecule is Cc1nn(C)c(CC(=O)C2(C(C)C)CCNC2)c1Cl. The number of aryl methyl sites for hydroxylation is 2. The van der Waals surface area contributed by atoms with E-state index in [9.17, 15) is 4.79 Å². The van der Waals surface area contributed by atoms with Gasteiger partial charge in [-0.1, -0.05) is 25.4 Å². The number of ketones is 1. The molecule has 2 rings (SSSR count). The minimum absolute atomic E-state index is 0.249. The molecule has 1 atom stereocenters. The number of carbonyl (C=O) groups excluding carboxylic acids is 1. The van der Waals surface area contributed by atoms with Crippen molar-refractivity contribution in [3.05, 3.63) is 16.4 Å². The quantitative estimate of drug-likeness (QED) is 0.921. The number of hydrogen-bond donors (Lipinski definition) is 1. The van der Waals surface area contributed by atoms with Crippen molar-refractivity contribution >= 4 is 17.4 Å². The molecule has 1 aromatic rings. The van der Waals surface area contributed by atoms with Crippen LogP contribution < -0.4 is 5.32 Å². The second-order valence-corrected chi connectivity index (χ2v) is 6.19. The van der Waals surface area contributed by atoms with Gasteiger partial charge >= 0.3 is 0 Å². The molecule has 0 aromatic carbocycles. The van der Waals surface area contributed by atoms with E-state index in [4.69, 9.17) is 11.6 Å². The van der Waals surface area contributed by atoms with Crippen molar-refractivity contribution in [1.29, 1.82) is 0 Å². The average Bonchev–Trinajstić information content (AvgIpc) is 2.92. The Morgan fingerprint density at radius 2 is 2.26 bits per heavy atom. The predicted octanol–water partition coefficient (Wildman–Crippen LogP) is 2.13. The molecule has 0 bridgehead atoms. The van der Waals surface area contributed by atoms with Gasteiger partial charge < -0.3 is 5.32 Å². The number of rotatable bonds is 4. The van der Waals surface area contributed by atoms with Crippen LogP contribution in [0.5, 0.6) is 0 Å². The summed E-state index contributed by atoms with van der Waals surface area (Å²) in [5.74, 6) is 0.612. The smallest absolute Gasteiger partial charge is 0.146 e. The highest BCUT2D eigenvalue weighted by Crippen LogP contribution is 2.36. The van der Waals surface area contributed by atoms with Crippen LogP contribution in [0, 0.1) is 18.3 Å². The zero-order valence-corrected chi connectivity index (χ0v) is 12.8. The van der Waals surface area contributed by atoms with Crippen molar-refractivity contribution in [2.75, 3.05) is 13.1 Å². The van der Waals surface area contributed by atoms with Crippen molar-refractivity contribution in [3.63, 3.8) is 0 Å². The highest BCUT2D eigenvalue weighted by molar-refractivity contribution is 6.32. The summed E-state index contributed by atoms with van der Waals surface area (Å²) in [7, 11) is 1.84. The van der Waals surface area contributed by atoms with E-state index in [1.807, 2.05) is 14.0 Å². The Morgan fingerprint density at radius 1 is 1.58 bits per heavy atom. The van der Waals surface area contributed by atoms with Crippen LogP contribution in [0.2, 0.25) is 5.02 Å². The number of Topliss-reactive ketones (excluding diaryl/α,β-unsaturated/α-hetero) is 1. The van der Waals surface area contributed by atoms with Crippen LogP contribution >= 0.6 is 11.6 Å². The normalized spacial score (nSPS) is 23.3. The van der Waals surface area contributed by atoms with Crippen LogP contribution in [-0.4, -0.2) is 28.7 Å². The van der Waals surface area contributed by atoms with Crippen LogP contribution in [0.3, 0.4) is 0 Å². The number of nitrogens with one attached hydrogen (secondary N) is 1. The van der Waals surface area contributed by atoms with Crippen molar-refractivity contribution in [3.8, 4) is 0 Å². The number of halogens is 1. The summed E-state index contributed by atoms with van der Waals surface area (Å²) in [4.78, 5) is 12.8. The lowest BCUT2D eigenvalue weighted by atomic mass is 9.72. The lowest BCUT2D eigenvalue weighted by Gasteiger charge is -2.31. The topological polar surface area (TPSA) is 46.9 Å². The molecular formula is C14H22ClN3O. The molecule has 0 aliphatic carbocycles. The molecule has 2 heterocycles. The summed E-state index contributed by atoms with van der Waals surface area (Å²) in [5, 5.41) is 8.22. The highest BCUT2D eigenvalue weighted by atomic mass is 35.5. The third-order valence-corrected chi connectivity index (χ3v) is 4.93. The molecule has 1 aromatic heterocycles. The standard InChI is InChI=1S/C14H22ClN3O/c1-9(2)14(5-6-16-8-14)12(19)7-11-13(15)10(3)17-18(11)4/h9,16H,5-8H2,1-4H3. The van der Waals surface area contributed by atoms with Crippen molar-refractivity contribution in [2.45, 2.75) is 33.6 Å². The molecule has 1 aliphatic rings. The Kier molecular flexibility index (Phi) is 4.02. The van der Waals surface area contributed by atoms with Gasteiger partial charge in [0.25, 0.3) is 0 Å². The van der Waals surface area contributed by atoms with Crippen LogP contribution in [0.1, 0.15) is 31.7 Å². The summed E-state index contributed by atoms with van der Waals surface area (Å²) in [6.45, 7) is 7.81. The molecular weight excluding hydrogens is 262 g/mol. The van der Waals surface area contributed by atoms with Crippen LogP contribution in [0.25, 0.3) is 0 Å². The maximum Gasteiger partial charge on any atom is 0.146 e. The number of aromatic nitrogens is 2. The molecule has 5 heteroatoms. The molecule has 1 saturated heterocycles. The Labute approximate surface area is 119 Å². The van der Waals surface area contributed by atoms with Crippen molar-refractivity contribution in [2.24, 2.45) is 18.4 Å². The molecule has 0 radical (unpaired) electrons. The fraction of sp³-hybridized carbons (Fsp3) is 0.714. The Bertz CT molecular complexity index is 487. The molecule has 0 saturated carbocycles. The molecule has 1 aliphatic heterocycles. The number of carbonyl (C=O) groups is 1. The van der Waals surface area contributed by atoms with Crippen molar-refractivity contribution < 1.29 is 4.79 Å². The van der Waals surface area contributed by atoms with E-state index in [0.29, 0.717) is 17.4 Å². The molecule has 1 N–H and O–H groups in total. The summed E-state index contributed by atoms with van der Waals surface area (Å²) in [6, 6.07) is 0. The van der Waals surface area contributed by atoms with Gasteiger partial charge in [-0.15, -0.1) is 0 Å². The first-order valence-electron chi connectivity index (χ1n) is 6.80. The summed E-state index contributed by atoms with van der Waals surface area (Å²) < 4.78 is 1.73. The zero-order chi connectivity index (χ0) is 14.2. The maximum atomic E-state index is 12.8. The van der Waals surface area contributed by atoms with E-state index >= 15 is 0 Å². The van der Waals surface area contributed by atoms with Gasteiger partial charge in [-0.05, 0) is 25.8 Å². The second kappa shape index (κ2) is 5.25. The minimum atomic E-state index is -0.249.